The first-order chi connectivity index (χ1) is 4.43. The van der Waals surface area contributed by atoms with Gasteiger partial charge in [0.2, 0.25) is 0 Å². The molecule has 0 amide bonds. The maximum atomic E-state index is 8.13. The molecular formula is C4H4N4S. The summed E-state index contributed by atoms with van der Waals surface area (Å²) in [6.07, 6.45) is 1.42. The Morgan fingerprint density at radius 3 is 3.33 bits per heavy atom. The molecule has 0 spiro atoms. The molecule has 0 atom stereocenters. The molecule has 5 heteroatoms. The largest absolute Gasteiger partial charge is 0.254 e. The average Bonchev–Trinajstić information content (AvgIpc) is 2.34. The second-order valence-electron chi connectivity index (χ2n) is 1.24. The van der Waals surface area contributed by atoms with E-state index in [2.05, 4.69) is 15.2 Å². The van der Waals surface area contributed by atoms with Gasteiger partial charge in [-0.1, -0.05) is 11.8 Å². The molecule has 46 valence electrons. The monoisotopic (exact) mass is 140 g/mol. The molecule has 0 saturated carbocycles. The SMILES string of the molecule is N#CCSc1ncn[nH]1. The molecule has 1 N–H and O–H groups in total. The quantitative estimate of drug-likeness (QED) is 0.604. The number of nitrogens with one attached hydrogen (secondary N) is 1. The van der Waals surface area contributed by atoms with Gasteiger partial charge in [0, 0.05) is 0 Å². The van der Waals surface area contributed by atoms with Gasteiger partial charge < -0.3 is 0 Å². The van der Waals surface area contributed by atoms with Crippen LogP contribution in [-0.2, 0) is 0 Å². The summed E-state index contributed by atoms with van der Waals surface area (Å²) in [5.41, 5.74) is 0. The predicted octanol–water partition coefficient (Wildman–Crippen LogP) is 0.420. The fourth-order valence-electron chi connectivity index (χ4n) is 0.364. The number of hydrogen-bond donors (Lipinski definition) is 1. The maximum Gasteiger partial charge on any atom is 0.184 e. The van der Waals surface area contributed by atoms with Gasteiger partial charge in [-0.25, -0.2) is 4.98 Å². The summed E-state index contributed by atoms with van der Waals surface area (Å²) < 4.78 is 0. The van der Waals surface area contributed by atoms with E-state index in [0.29, 0.717) is 10.9 Å². The molecular weight excluding hydrogens is 136 g/mol. The minimum atomic E-state index is 0.412. The number of H-pyrrole nitrogens is 1. The minimum Gasteiger partial charge on any atom is -0.254 e. The van der Waals surface area contributed by atoms with Crippen LogP contribution in [0.3, 0.4) is 0 Å². The first-order valence-corrected chi connectivity index (χ1v) is 3.27. The van der Waals surface area contributed by atoms with E-state index in [1.165, 1.54) is 18.1 Å². The Hall–Kier alpha value is -1.02. The summed E-state index contributed by atoms with van der Waals surface area (Å²) in [6.45, 7) is 0. The Kier molecular flexibility index (Phi) is 2.10. The fraction of sp³-hybridized carbons (Fsp3) is 0.250. The van der Waals surface area contributed by atoms with Crippen molar-refractivity contribution in [2.75, 3.05) is 5.75 Å². The molecule has 0 fully saturated rings. The zero-order valence-corrected chi connectivity index (χ0v) is 5.35. The van der Waals surface area contributed by atoms with Gasteiger partial charge in [0.1, 0.15) is 6.33 Å². The van der Waals surface area contributed by atoms with E-state index in [9.17, 15) is 0 Å². The van der Waals surface area contributed by atoms with E-state index in [-0.39, 0.29) is 0 Å². The summed E-state index contributed by atoms with van der Waals surface area (Å²) in [7, 11) is 0. The molecule has 0 saturated heterocycles. The highest BCUT2D eigenvalue weighted by molar-refractivity contribution is 7.99. The van der Waals surface area contributed by atoms with Crippen molar-refractivity contribution in [3.8, 4) is 6.07 Å². The normalized spacial score (nSPS) is 8.78. The van der Waals surface area contributed by atoms with E-state index >= 15 is 0 Å². The third kappa shape index (κ3) is 1.74. The van der Waals surface area contributed by atoms with Crippen LogP contribution >= 0.6 is 11.8 Å². The first-order valence-electron chi connectivity index (χ1n) is 2.28. The van der Waals surface area contributed by atoms with Gasteiger partial charge in [-0.2, -0.15) is 10.4 Å². The highest BCUT2D eigenvalue weighted by Gasteiger charge is 1.91. The molecule has 9 heavy (non-hydrogen) atoms. The Balaban J connectivity index is 2.41. The second-order valence-corrected chi connectivity index (χ2v) is 2.20. The van der Waals surface area contributed by atoms with Crippen molar-refractivity contribution in [2.45, 2.75) is 5.16 Å². The van der Waals surface area contributed by atoms with Crippen LogP contribution in [0.5, 0.6) is 0 Å². The predicted molar refractivity (Wildman–Crippen MR) is 32.7 cm³/mol. The summed E-state index contributed by atoms with van der Waals surface area (Å²) in [4.78, 5) is 3.80. The molecule has 1 heterocycles. The molecule has 1 aromatic rings. The maximum absolute atomic E-state index is 8.13. The van der Waals surface area contributed by atoms with E-state index in [0.717, 1.165) is 0 Å². The summed E-state index contributed by atoms with van der Waals surface area (Å²) in [5.74, 6) is 0.412. The third-order valence-electron chi connectivity index (χ3n) is 0.666. The fourth-order valence-corrected chi connectivity index (χ4v) is 0.805. The molecule has 0 aromatic carbocycles. The standard InChI is InChI=1S/C4H4N4S/c5-1-2-9-4-6-3-7-8-4/h3H,2H2,(H,6,7,8). The lowest BCUT2D eigenvalue weighted by molar-refractivity contribution is 0.975. The average molecular weight is 140 g/mol. The highest BCUT2D eigenvalue weighted by Crippen LogP contribution is 2.07. The van der Waals surface area contributed by atoms with E-state index in [1.54, 1.807) is 0 Å². The second kappa shape index (κ2) is 3.10. The first kappa shape index (κ1) is 6.11. The number of thioether (sulfide) groups is 1. The van der Waals surface area contributed by atoms with Crippen LogP contribution in [0.15, 0.2) is 11.5 Å². The van der Waals surface area contributed by atoms with Crippen molar-refractivity contribution in [1.29, 1.82) is 5.26 Å². The Morgan fingerprint density at radius 2 is 2.78 bits per heavy atom. The lowest BCUT2D eigenvalue weighted by Gasteiger charge is -1.82. The Bertz CT molecular complexity index is 199. The van der Waals surface area contributed by atoms with Crippen molar-refractivity contribution in [3.05, 3.63) is 6.33 Å². The van der Waals surface area contributed by atoms with Gasteiger partial charge in [0.25, 0.3) is 0 Å². The Labute approximate surface area is 56.3 Å². The van der Waals surface area contributed by atoms with Crippen LogP contribution in [0.2, 0.25) is 0 Å². The van der Waals surface area contributed by atoms with Crippen molar-refractivity contribution in [2.24, 2.45) is 0 Å². The molecule has 0 radical (unpaired) electrons. The zero-order valence-electron chi connectivity index (χ0n) is 4.53. The summed E-state index contributed by atoms with van der Waals surface area (Å²) in [5, 5.41) is 15.1. The van der Waals surface area contributed by atoms with Gasteiger partial charge in [-0.05, 0) is 0 Å². The summed E-state index contributed by atoms with van der Waals surface area (Å²) >= 11 is 1.34. The molecule has 0 aliphatic rings. The van der Waals surface area contributed by atoms with Gasteiger partial charge in [-0.3, -0.25) is 5.10 Å². The van der Waals surface area contributed by atoms with Gasteiger partial charge in [0.15, 0.2) is 5.16 Å². The van der Waals surface area contributed by atoms with Crippen LogP contribution in [0.1, 0.15) is 0 Å². The van der Waals surface area contributed by atoms with E-state index < -0.39 is 0 Å². The van der Waals surface area contributed by atoms with Gasteiger partial charge in [0.05, 0.1) is 11.8 Å². The van der Waals surface area contributed by atoms with Crippen molar-refractivity contribution >= 4 is 11.8 Å². The van der Waals surface area contributed by atoms with E-state index in [1.807, 2.05) is 6.07 Å². The van der Waals surface area contributed by atoms with Crippen LogP contribution in [0.4, 0.5) is 0 Å². The van der Waals surface area contributed by atoms with Gasteiger partial charge >= 0.3 is 0 Å². The lowest BCUT2D eigenvalue weighted by atomic mass is 10.9. The summed E-state index contributed by atoms with van der Waals surface area (Å²) in [6, 6.07) is 1.98. The smallest absolute Gasteiger partial charge is 0.184 e. The van der Waals surface area contributed by atoms with Crippen molar-refractivity contribution < 1.29 is 0 Å². The molecule has 4 nitrogen and oxygen atoms in total. The van der Waals surface area contributed by atoms with E-state index in [4.69, 9.17) is 5.26 Å². The minimum absolute atomic E-state index is 0.412. The van der Waals surface area contributed by atoms with Crippen molar-refractivity contribution in [1.82, 2.24) is 15.2 Å². The molecule has 0 unspecified atom stereocenters. The Morgan fingerprint density at radius 1 is 1.89 bits per heavy atom. The lowest BCUT2D eigenvalue weighted by Crippen LogP contribution is -1.75. The van der Waals surface area contributed by atoms with Crippen LogP contribution in [-0.4, -0.2) is 20.9 Å². The number of aromatic nitrogens is 3. The number of aromatic amines is 1. The number of hydrogen-bond acceptors (Lipinski definition) is 4. The van der Waals surface area contributed by atoms with Gasteiger partial charge in [-0.15, -0.1) is 0 Å². The molecule has 0 aliphatic carbocycles. The molecule has 0 bridgehead atoms. The molecule has 1 rings (SSSR count). The zero-order chi connectivity index (χ0) is 6.53. The van der Waals surface area contributed by atoms with Crippen LogP contribution in [0.25, 0.3) is 0 Å². The third-order valence-corrected chi connectivity index (χ3v) is 1.41. The molecule has 1 aromatic heterocycles. The highest BCUT2D eigenvalue weighted by atomic mass is 32.2. The van der Waals surface area contributed by atoms with Crippen molar-refractivity contribution in [3.63, 3.8) is 0 Å². The topological polar surface area (TPSA) is 65.4 Å². The number of nitriles is 1. The van der Waals surface area contributed by atoms with Crippen LogP contribution in [0, 0.1) is 11.3 Å². The van der Waals surface area contributed by atoms with Crippen LogP contribution < -0.4 is 0 Å². The number of rotatable bonds is 2. The number of nitrogens with zero attached hydrogens (tertiary/aromatic N) is 3. The molecule has 0 aliphatic heterocycles.